The van der Waals surface area contributed by atoms with Crippen molar-refractivity contribution in [2.24, 2.45) is 5.92 Å². The standard InChI is InChI=1S/C17H24N2O6S/c1-11(12-6-8-19(9-7-12)17(21)22)18-14-10-13(16(20)25-2)4-5-15(14)26(3,23)24/h4-5,10-12,18H,6-9H2,1-3H3,(H,21,22). The summed E-state index contributed by atoms with van der Waals surface area (Å²) in [6.45, 7) is 2.83. The maximum atomic E-state index is 12.1. The van der Waals surface area contributed by atoms with E-state index < -0.39 is 21.9 Å². The van der Waals surface area contributed by atoms with Gasteiger partial charge in [-0.05, 0) is 43.9 Å². The second-order valence-corrected chi connectivity index (χ2v) is 8.50. The molecule has 144 valence electrons. The minimum Gasteiger partial charge on any atom is -0.465 e. The number of anilines is 1. The minimum atomic E-state index is -3.48. The van der Waals surface area contributed by atoms with Gasteiger partial charge in [0.05, 0.1) is 23.3 Å². The molecule has 1 amide bonds. The highest BCUT2D eigenvalue weighted by Crippen LogP contribution is 2.28. The molecule has 1 atom stereocenters. The Morgan fingerprint density at radius 3 is 2.42 bits per heavy atom. The number of nitrogens with zero attached hydrogens (tertiary/aromatic N) is 1. The number of carbonyl (C=O) groups is 2. The summed E-state index contributed by atoms with van der Waals surface area (Å²) in [5.41, 5.74) is 0.610. The van der Waals surface area contributed by atoms with Crippen LogP contribution in [0.3, 0.4) is 0 Å². The van der Waals surface area contributed by atoms with Gasteiger partial charge in [-0.15, -0.1) is 0 Å². The monoisotopic (exact) mass is 384 g/mol. The number of amides is 1. The Morgan fingerprint density at radius 1 is 1.31 bits per heavy atom. The zero-order valence-corrected chi connectivity index (χ0v) is 15.9. The molecule has 1 unspecified atom stereocenters. The van der Waals surface area contributed by atoms with E-state index in [0.29, 0.717) is 31.6 Å². The summed E-state index contributed by atoms with van der Waals surface area (Å²) >= 11 is 0. The zero-order chi connectivity index (χ0) is 19.5. The average molecular weight is 384 g/mol. The van der Waals surface area contributed by atoms with Crippen LogP contribution >= 0.6 is 0 Å². The first-order chi connectivity index (χ1) is 12.1. The molecular weight excluding hydrogens is 360 g/mol. The van der Waals surface area contributed by atoms with Gasteiger partial charge in [0, 0.05) is 25.4 Å². The van der Waals surface area contributed by atoms with Crippen molar-refractivity contribution in [2.45, 2.75) is 30.7 Å². The number of likely N-dealkylation sites (tertiary alicyclic amines) is 1. The van der Waals surface area contributed by atoms with Crippen molar-refractivity contribution in [2.75, 3.05) is 31.8 Å². The molecule has 9 heteroatoms. The molecule has 2 rings (SSSR count). The highest BCUT2D eigenvalue weighted by atomic mass is 32.2. The molecule has 1 aliphatic heterocycles. The summed E-state index contributed by atoms with van der Waals surface area (Å²) < 4.78 is 28.8. The molecule has 1 aromatic rings. The van der Waals surface area contributed by atoms with E-state index in [4.69, 9.17) is 9.84 Å². The fraction of sp³-hybridized carbons (Fsp3) is 0.529. The van der Waals surface area contributed by atoms with Crippen molar-refractivity contribution < 1.29 is 27.9 Å². The molecule has 0 spiro atoms. The molecule has 26 heavy (non-hydrogen) atoms. The van der Waals surface area contributed by atoms with E-state index >= 15 is 0 Å². The Balaban J connectivity index is 2.21. The molecule has 1 fully saturated rings. The number of piperidine rings is 1. The summed E-state index contributed by atoms with van der Waals surface area (Å²) in [5, 5.41) is 12.2. The number of nitrogens with one attached hydrogen (secondary N) is 1. The van der Waals surface area contributed by atoms with E-state index in [2.05, 4.69) is 5.32 Å². The first-order valence-corrected chi connectivity index (χ1v) is 10.2. The lowest BCUT2D eigenvalue weighted by Crippen LogP contribution is -2.41. The van der Waals surface area contributed by atoms with Gasteiger partial charge in [0.1, 0.15) is 0 Å². The number of carbonyl (C=O) groups excluding carboxylic acids is 1. The molecule has 0 radical (unpaired) electrons. The van der Waals surface area contributed by atoms with Crippen LogP contribution in [0.25, 0.3) is 0 Å². The Kier molecular flexibility index (Phi) is 6.12. The zero-order valence-electron chi connectivity index (χ0n) is 15.1. The number of methoxy groups -OCH3 is 1. The molecule has 1 saturated heterocycles. The number of carboxylic acid groups (broad SMARTS) is 1. The van der Waals surface area contributed by atoms with Crippen LogP contribution < -0.4 is 5.32 Å². The largest absolute Gasteiger partial charge is 0.465 e. The lowest BCUT2D eigenvalue weighted by Gasteiger charge is -2.34. The van der Waals surface area contributed by atoms with E-state index in [1.54, 1.807) is 0 Å². The third-order valence-corrected chi connectivity index (χ3v) is 5.86. The summed E-state index contributed by atoms with van der Waals surface area (Å²) in [5.74, 6) is -0.352. The number of hydrogen-bond acceptors (Lipinski definition) is 6. The predicted octanol–water partition coefficient (Wildman–Crippen LogP) is 2.07. The second-order valence-electron chi connectivity index (χ2n) is 6.51. The van der Waals surface area contributed by atoms with Crippen molar-refractivity contribution in [1.82, 2.24) is 4.90 Å². The number of benzene rings is 1. The third kappa shape index (κ3) is 4.66. The molecule has 1 aliphatic rings. The van der Waals surface area contributed by atoms with E-state index in [1.165, 1.54) is 30.2 Å². The van der Waals surface area contributed by atoms with E-state index in [-0.39, 0.29) is 22.4 Å². The van der Waals surface area contributed by atoms with Gasteiger partial charge in [0.15, 0.2) is 9.84 Å². The van der Waals surface area contributed by atoms with Gasteiger partial charge in [-0.1, -0.05) is 0 Å². The quantitative estimate of drug-likeness (QED) is 0.747. The van der Waals surface area contributed by atoms with Crippen LogP contribution in [-0.2, 0) is 14.6 Å². The van der Waals surface area contributed by atoms with Gasteiger partial charge in [-0.25, -0.2) is 18.0 Å². The van der Waals surface area contributed by atoms with Crippen LogP contribution in [0.5, 0.6) is 0 Å². The molecule has 1 aromatic carbocycles. The topological polar surface area (TPSA) is 113 Å². The summed E-state index contributed by atoms with van der Waals surface area (Å²) in [6.07, 6.45) is 1.56. The number of rotatable bonds is 5. The van der Waals surface area contributed by atoms with Crippen molar-refractivity contribution in [3.63, 3.8) is 0 Å². The molecule has 0 aromatic heterocycles. The Hall–Kier alpha value is -2.29. The van der Waals surface area contributed by atoms with E-state index in [0.717, 1.165) is 6.26 Å². The SMILES string of the molecule is COC(=O)c1ccc(S(C)(=O)=O)c(NC(C)C2CCN(C(=O)O)CC2)c1. The van der Waals surface area contributed by atoms with Gasteiger partial charge in [0.2, 0.25) is 0 Å². The van der Waals surface area contributed by atoms with Gasteiger partial charge >= 0.3 is 12.1 Å². The summed E-state index contributed by atoms with van der Waals surface area (Å²) in [7, 11) is -2.22. The highest BCUT2D eigenvalue weighted by Gasteiger charge is 2.27. The van der Waals surface area contributed by atoms with Crippen LogP contribution in [0, 0.1) is 5.92 Å². The normalized spacial score (nSPS) is 16.8. The maximum Gasteiger partial charge on any atom is 0.407 e. The molecule has 0 aliphatic carbocycles. The third-order valence-electron chi connectivity index (χ3n) is 4.70. The fourth-order valence-corrected chi connectivity index (χ4v) is 4.00. The van der Waals surface area contributed by atoms with Crippen LogP contribution in [0.15, 0.2) is 23.1 Å². The Morgan fingerprint density at radius 2 is 1.92 bits per heavy atom. The van der Waals surface area contributed by atoms with Crippen molar-refractivity contribution >= 4 is 27.6 Å². The number of hydrogen-bond donors (Lipinski definition) is 2. The molecule has 8 nitrogen and oxygen atoms in total. The first kappa shape index (κ1) is 20.0. The van der Waals surface area contributed by atoms with Gasteiger partial charge in [-0.2, -0.15) is 0 Å². The molecule has 2 N–H and O–H groups in total. The van der Waals surface area contributed by atoms with Crippen LogP contribution in [0.2, 0.25) is 0 Å². The highest BCUT2D eigenvalue weighted by molar-refractivity contribution is 7.90. The van der Waals surface area contributed by atoms with Crippen molar-refractivity contribution in [1.29, 1.82) is 0 Å². The Bertz CT molecular complexity index is 784. The summed E-state index contributed by atoms with van der Waals surface area (Å²) in [4.78, 5) is 24.2. The molecule has 0 saturated carbocycles. The average Bonchev–Trinajstić information content (AvgIpc) is 2.60. The minimum absolute atomic E-state index is 0.0839. The van der Waals surface area contributed by atoms with Gasteiger partial charge in [-0.3, -0.25) is 0 Å². The van der Waals surface area contributed by atoms with Crippen molar-refractivity contribution in [3.05, 3.63) is 23.8 Å². The lowest BCUT2D eigenvalue weighted by molar-refractivity contribution is 0.0600. The fourth-order valence-electron chi connectivity index (χ4n) is 3.16. The first-order valence-electron chi connectivity index (χ1n) is 8.30. The maximum absolute atomic E-state index is 12.1. The smallest absolute Gasteiger partial charge is 0.407 e. The van der Waals surface area contributed by atoms with Crippen LogP contribution in [0.4, 0.5) is 10.5 Å². The van der Waals surface area contributed by atoms with Gasteiger partial charge < -0.3 is 20.1 Å². The molecule has 0 bridgehead atoms. The number of ether oxygens (including phenoxy) is 1. The molecule has 1 heterocycles. The number of esters is 1. The van der Waals surface area contributed by atoms with Crippen LogP contribution in [-0.4, -0.2) is 63.0 Å². The second kappa shape index (κ2) is 7.94. The predicted molar refractivity (Wildman–Crippen MR) is 96.3 cm³/mol. The molecular formula is C17H24N2O6S. The van der Waals surface area contributed by atoms with Crippen LogP contribution in [0.1, 0.15) is 30.1 Å². The summed E-state index contributed by atoms with van der Waals surface area (Å²) in [6, 6.07) is 4.21. The van der Waals surface area contributed by atoms with E-state index in [1.807, 2.05) is 6.92 Å². The van der Waals surface area contributed by atoms with Gasteiger partial charge in [0.25, 0.3) is 0 Å². The van der Waals surface area contributed by atoms with E-state index in [9.17, 15) is 18.0 Å². The lowest BCUT2D eigenvalue weighted by atomic mass is 9.90. The Labute approximate surface area is 153 Å². The van der Waals surface area contributed by atoms with Crippen molar-refractivity contribution in [3.8, 4) is 0 Å². The number of sulfone groups is 1.